The number of unbranched alkanes of at least 4 members (excludes halogenated alkanes) is 12. The molecule has 0 aliphatic carbocycles. The molecular formula is C24H38. The largest absolute Gasteiger partial charge is 0.0845 e. The van der Waals surface area contributed by atoms with Crippen LogP contribution in [0.5, 0.6) is 0 Å². The molecular weight excluding hydrogens is 288 g/mol. The Morgan fingerprint density at radius 3 is 1.75 bits per heavy atom. The quantitative estimate of drug-likeness (QED) is 0.224. The smallest absolute Gasteiger partial charge is 0.0257 e. The maximum atomic E-state index is 2.30. The van der Waals surface area contributed by atoms with Crippen LogP contribution in [-0.4, -0.2) is 0 Å². The standard InChI is InChI=1S/C24H38/c1-2-3-4-5-6-7-8-9-10-11-12-13-14-15-16-18-21-24-22-19-17-20-23-24/h15-23H,2-14H2,1H3/b16-15+,21-18+. The van der Waals surface area contributed by atoms with Gasteiger partial charge in [0, 0.05) is 0 Å². The van der Waals surface area contributed by atoms with Gasteiger partial charge in [0.05, 0.1) is 0 Å². The first-order valence-electron chi connectivity index (χ1n) is 10.3. The van der Waals surface area contributed by atoms with Crippen LogP contribution >= 0.6 is 0 Å². The Morgan fingerprint density at radius 1 is 0.625 bits per heavy atom. The van der Waals surface area contributed by atoms with Gasteiger partial charge in [0.1, 0.15) is 0 Å². The molecule has 0 heterocycles. The van der Waals surface area contributed by atoms with E-state index < -0.39 is 0 Å². The van der Waals surface area contributed by atoms with Crippen molar-refractivity contribution in [2.45, 2.75) is 90.4 Å². The summed E-state index contributed by atoms with van der Waals surface area (Å²) in [4.78, 5) is 0. The minimum Gasteiger partial charge on any atom is -0.0845 e. The van der Waals surface area contributed by atoms with Crippen LogP contribution in [0.1, 0.15) is 96.0 Å². The number of rotatable bonds is 15. The van der Waals surface area contributed by atoms with Crippen LogP contribution < -0.4 is 0 Å². The predicted octanol–water partition coefficient (Wildman–Crippen LogP) is 8.35. The third-order valence-electron chi connectivity index (χ3n) is 4.56. The van der Waals surface area contributed by atoms with Crippen molar-refractivity contribution in [2.75, 3.05) is 0 Å². The summed E-state index contributed by atoms with van der Waals surface area (Å²) in [6, 6.07) is 10.5. The molecule has 0 heteroatoms. The molecule has 1 aromatic carbocycles. The molecule has 0 saturated heterocycles. The van der Waals surface area contributed by atoms with Crippen LogP contribution in [0.3, 0.4) is 0 Å². The van der Waals surface area contributed by atoms with E-state index in [9.17, 15) is 0 Å². The van der Waals surface area contributed by atoms with Crippen molar-refractivity contribution < 1.29 is 0 Å². The highest BCUT2D eigenvalue weighted by molar-refractivity contribution is 5.50. The van der Waals surface area contributed by atoms with Gasteiger partial charge in [-0.05, 0) is 18.4 Å². The lowest BCUT2D eigenvalue weighted by molar-refractivity contribution is 0.545. The molecule has 0 aromatic heterocycles. The zero-order valence-corrected chi connectivity index (χ0v) is 15.9. The van der Waals surface area contributed by atoms with Crippen molar-refractivity contribution in [3.63, 3.8) is 0 Å². The minimum atomic E-state index is 1.22. The van der Waals surface area contributed by atoms with E-state index in [1.807, 2.05) is 0 Å². The second-order valence-corrected chi connectivity index (χ2v) is 6.88. The van der Waals surface area contributed by atoms with Crippen molar-refractivity contribution >= 4 is 6.08 Å². The Labute approximate surface area is 151 Å². The van der Waals surface area contributed by atoms with Gasteiger partial charge in [0.15, 0.2) is 0 Å². The number of hydrogen-bond acceptors (Lipinski definition) is 0. The molecule has 134 valence electrons. The minimum absolute atomic E-state index is 1.22. The fourth-order valence-corrected chi connectivity index (χ4v) is 3.01. The summed E-state index contributed by atoms with van der Waals surface area (Å²) in [5.74, 6) is 0. The van der Waals surface area contributed by atoms with Gasteiger partial charge in [-0.15, -0.1) is 0 Å². The number of hydrogen-bond donors (Lipinski definition) is 0. The molecule has 0 aliphatic rings. The second-order valence-electron chi connectivity index (χ2n) is 6.88. The molecule has 24 heavy (non-hydrogen) atoms. The molecule has 0 bridgehead atoms. The fraction of sp³-hybridized carbons (Fsp3) is 0.583. The van der Waals surface area contributed by atoms with E-state index in [2.05, 4.69) is 61.6 Å². The van der Waals surface area contributed by atoms with Gasteiger partial charge >= 0.3 is 0 Å². The van der Waals surface area contributed by atoms with E-state index in [1.54, 1.807) is 0 Å². The molecule has 0 nitrogen and oxygen atoms in total. The van der Waals surface area contributed by atoms with Crippen molar-refractivity contribution in [1.82, 2.24) is 0 Å². The summed E-state index contributed by atoms with van der Waals surface area (Å²) in [6.07, 6.45) is 27.1. The van der Waals surface area contributed by atoms with Gasteiger partial charge in [-0.3, -0.25) is 0 Å². The van der Waals surface area contributed by atoms with Gasteiger partial charge in [-0.1, -0.05) is 132 Å². The van der Waals surface area contributed by atoms with E-state index in [1.165, 1.54) is 89.0 Å². The summed E-state index contributed by atoms with van der Waals surface area (Å²) >= 11 is 0. The van der Waals surface area contributed by atoms with Crippen LogP contribution in [0.25, 0.3) is 6.08 Å². The summed E-state index contributed by atoms with van der Waals surface area (Å²) < 4.78 is 0. The molecule has 0 saturated carbocycles. The Bertz CT molecular complexity index is 413. The Hall–Kier alpha value is -1.30. The highest BCUT2D eigenvalue weighted by atomic mass is 14.0. The Kier molecular flexibility index (Phi) is 14.3. The molecule has 0 atom stereocenters. The average Bonchev–Trinajstić information content (AvgIpc) is 2.62. The fourth-order valence-electron chi connectivity index (χ4n) is 3.01. The van der Waals surface area contributed by atoms with Crippen LogP contribution in [0.15, 0.2) is 48.6 Å². The molecule has 0 radical (unpaired) electrons. The highest BCUT2D eigenvalue weighted by Crippen LogP contribution is 2.12. The molecule has 1 aromatic rings. The van der Waals surface area contributed by atoms with Gasteiger partial charge < -0.3 is 0 Å². The topological polar surface area (TPSA) is 0 Å². The summed E-state index contributed by atoms with van der Waals surface area (Å²) in [7, 11) is 0. The lowest BCUT2D eigenvalue weighted by atomic mass is 10.0. The van der Waals surface area contributed by atoms with E-state index in [-0.39, 0.29) is 0 Å². The summed E-state index contributed by atoms with van der Waals surface area (Å²) in [5.41, 5.74) is 1.27. The number of allylic oxidation sites excluding steroid dienone is 3. The first kappa shape index (κ1) is 20.7. The van der Waals surface area contributed by atoms with Crippen molar-refractivity contribution in [3.05, 3.63) is 54.1 Å². The van der Waals surface area contributed by atoms with E-state index in [4.69, 9.17) is 0 Å². The van der Waals surface area contributed by atoms with Crippen LogP contribution in [0.4, 0.5) is 0 Å². The Balaban J connectivity index is 1.82. The van der Waals surface area contributed by atoms with Crippen molar-refractivity contribution in [3.8, 4) is 0 Å². The zero-order chi connectivity index (χ0) is 17.1. The maximum Gasteiger partial charge on any atom is -0.0257 e. The van der Waals surface area contributed by atoms with Crippen LogP contribution in [0, 0.1) is 0 Å². The zero-order valence-electron chi connectivity index (χ0n) is 15.9. The molecule has 0 aliphatic heterocycles. The molecule has 0 spiro atoms. The van der Waals surface area contributed by atoms with Gasteiger partial charge in [0.2, 0.25) is 0 Å². The van der Waals surface area contributed by atoms with Crippen molar-refractivity contribution in [1.29, 1.82) is 0 Å². The maximum absolute atomic E-state index is 2.30. The van der Waals surface area contributed by atoms with E-state index in [0.717, 1.165) is 0 Å². The van der Waals surface area contributed by atoms with Gasteiger partial charge in [-0.2, -0.15) is 0 Å². The Morgan fingerprint density at radius 2 is 1.17 bits per heavy atom. The van der Waals surface area contributed by atoms with Crippen LogP contribution in [-0.2, 0) is 0 Å². The normalized spacial score (nSPS) is 11.7. The highest BCUT2D eigenvalue weighted by Gasteiger charge is 1.92. The lowest BCUT2D eigenvalue weighted by Crippen LogP contribution is -1.82. The number of benzene rings is 1. The van der Waals surface area contributed by atoms with E-state index >= 15 is 0 Å². The molecule has 0 N–H and O–H groups in total. The van der Waals surface area contributed by atoms with Gasteiger partial charge in [-0.25, -0.2) is 0 Å². The summed E-state index contributed by atoms with van der Waals surface area (Å²) in [5, 5.41) is 0. The molecule has 0 amide bonds. The van der Waals surface area contributed by atoms with Crippen LogP contribution in [0.2, 0.25) is 0 Å². The van der Waals surface area contributed by atoms with Gasteiger partial charge in [0.25, 0.3) is 0 Å². The van der Waals surface area contributed by atoms with E-state index in [0.29, 0.717) is 0 Å². The third-order valence-corrected chi connectivity index (χ3v) is 4.56. The predicted molar refractivity (Wildman–Crippen MR) is 110 cm³/mol. The third kappa shape index (κ3) is 13.2. The first-order valence-corrected chi connectivity index (χ1v) is 10.3. The lowest BCUT2D eigenvalue weighted by Gasteiger charge is -2.02. The molecule has 0 fully saturated rings. The first-order chi connectivity index (χ1) is 11.9. The monoisotopic (exact) mass is 326 g/mol. The second kappa shape index (κ2) is 16.6. The molecule has 1 rings (SSSR count). The SMILES string of the molecule is CCCCCCCCCCCCCC/C=C/C=C/c1ccccc1. The van der Waals surface area contributed by atoms with Crippen molar-refractivity contribution in [2.24, 2.45) is 0 Å². The molecule has 0 unspecified atom stereocenters. The summed E-state index contributed by atoms with van der Waals surface area (Å²) in [6.45, 7) is 2.29. The average molecular weight is 327 g/mol.